The van der Waals surface area contributed by atoms with E-state index >= 15 is 0 Å². The van der Waals surface area contributed by atoms with E-state index in [0.717, 1.165) is 11.8 Å². The van der Waals surface area contributed by atoms with Crippen LogP contribution in [-0.4, -0.2) is 58.5 Å². The van der Waals surface area contributed by atoms with Crippen LogP contribution in [0.1, 0.15) is 0 Å². The SMILES string of the molecule is Nc1ncnc2c1ncn2OCC(CO)SCP(=O)(O)O. The number of hydrogen-bond acceptors (Lipinski definition) is 8. The zero-order valence-electron chi connectivity index (χ0n) is 10.7. The zero-order chi connectivity index (χ0) is 15.5. The number of nitrogen functional groups attached to an aromatic ring is 1. The van der Waals surface area contributed by atoms with Gasteiger partial charge < -0.3 is 25.5 Å². The number of aromatic nitrogens is 4. The Balaban J connectivity index is 2.00. The molecular weight excluding hydrogens is 321 g/mol. The van der Waals surface area contributed by atoms with Gasteiger partial charge in [0.15, 0.2) is 11.3 Å². The van der Waals surface area contributed by atoms with Crippen LogP contribution in [0.25, 0.3) is 11.2 Å². The number of hydrogen-bond donors (Lipinski definition) is 4. The van der Waals surface area contributed by atoms with Crippen molar-refractivity contribution in [3.8, 4) is 0 Å². The van der Waals surface area contributed by atoms with Crippen molar-refractivity contribution in [2.75, 3.05) is 24.4 Å². The number of anilines is 1. The maximum absolute atomic E-state index is 10.8. The Kier molecular flexibility index (Phi) is 5.01. The molecule has 0 spiro atoms. The van der Waals surface area contributed by atoms with Crippen molar-refractivity contribution >= 4 is 36.3 Å². The third kappa shape index (κ3) is 4.29. The predicted molar refractivity (Wildman–Crippen MR) is 76.6 cm³/mol. The van der Waals surface area contributed by atoms with Gasteiger partial charge in [-0.1, -0.05) is 0 Å². The van der Waals surface area contributed by atoms with Gasteiger partial charge in [0.05, 0.1) is 17.4 Å². The summed E-state index contributed by atoms with van der Waals surface area (Å²) in [7, 11) is -4.12. The molecule has 2 aromatic heterocycles. The molecule has 10 nitrogen and oxygen atoms in total. The average molecular weight is 335 g/mol. The fourth-order valence-corrected chi connectivity index (χ4v) is 3.33. The normalized spacial score (nSPS) is 13.5. The molecule has 116 valence electrons. The summed E-state index contributed by atoms with van der Waals surface area (Å²) < 4.78 is 12.1. The smallest absolute Gasteiger partial charge is 0.335 e. The molecule has 0 saturated heterocycles. The lowest BCUT2D eigenvalue weighted by Crippen LogP contribution is -2.24. The molecule has 0 aliphatic heterocycles. The number of imidazole rings is 1. The molecule has 0 radical (unpaired) electrons. The van der Waals surface area contributed by atoms with Crippen LogP contribution in [0.15, 0.2) is 12.7 Å². The lowest BCUT2D eigenvalue weighted by atomic mass is 10.5. The molecule has 1 unspecified atom stereocenters. The molecule has 0 aliphatic carbocycles. The Morgan fingerprint density at radius 1 is 1.43 bits per heavy atom. The monoisotopic (exact) mass is 335 g/mol. The lowest BCUT2D eigenvalue weighted by Gasteiger charge is -2.15. The number of nitrogens with two attached hydrogens (primary N) is 1. The molecule has 12 heteroatoms. The summed E-state index contributed by atoms with van der Waals surface area (Å²) in [5, 5.41) is 8.69. The molecule has 2 aromatic rings. The van der Waals surface area contributed by atoms with E-state index in [1.807, 2.05) is 0 Å². The first kappa shape index (κ1) is 16.0. The topological polar surface area (TPSA) is 157 Å². The average Bonchev–Trinajstić information content (AvgIpc) is 2.83. The second-order valence-corrected chi connectivity index (χ2v) is 7.42. The zero-order valence-corrected chi connectivity index (χ0v) is 12.4. The molecule has 2 rings (SSSR count). The first-order chi connectivity index (χ1) is 9.90. The number of rotatable bonds is 7. The van der Waals surface area contributed by atoms with Crippen LogP contribution in [0.2, 0.25) is 0 Å². The summed E-state index contributed by atoms with van der Waals surface area (Å²) in [5.41, 5.74) is 6.01. The summed E-state index contributed by atoms with van der Waals surface area (Å²) >= 11 is 0.930. The van der Waals surface area contributed by atoms with E-state index in [2.05, 4.69) is 15.0 Å². The van der Waals surface area contributed by atoms with Gasteiger partial charge in [-0.2, -0.15) is 4.73 Å². The third-order valence-electron chi connectivity index (χ3n) is 2.41. The van der Waals surface area contributed by atoms with Crippen molar-refractivity contribution < 1.29 is 24.3 Å². The van der Waals surface area contributed by atoms with Gasteiger partial charge in [0.1, 0.15) is 19.3 Å². The summed E-state index contributed by atoms with van der Waals surface area (Å²) in [6.07, 6.45) is 2.63. The highest BCUT2D eigenvalue weighted by molar-refractivity contribution is 8.04. The molecule has 0 bridgehead atoms. The number of aliphatic hydroxyl groups is 1. The molecule has 0 aromatic carbocycles. The largest absolute Gasteiger partial charge is 0.410 e. The Morgan fingerprint density at radius 3 is 2.86 bits per heavy atom. The van der Waals surface area contributed by atoms with Crippen molar-refractivity contribution in [2.24, 2.45) is 0 Å². The Morgan fingerprint density at radius 2 is 2.19 bits per heavy atom. The van der Waals surface area contributed by atoms with Crippen LogP contribution in [-0.2, 0) is 4.57 Å². The van der Waals surface area contributed by atoms with Crippen molar-refractivity contribution in [3.63, 3.8) is 0 Å². The van der Waals surface area contributed by atoms with E-state index in [1.54, 1.807) is 0 Å². The maximum Gasteiger partial charge on any atom is 0.335 e. The van der Waals surface area contributed by atoms with Crippen LogP contribution in [0.3, 0.4) is 0 Å². The molecule has 0 fully saturated rings. The number of fused-ring (bicyclic) bond motifs is 1. The second kappa shape index (κ2) is 6.58. The van der Waals surface area contributed by atoms with Crippen LogP contribution >= 0.6 is 19.4 Å². The van der Waals surface area contributed by atoms with E-state index in [0.29, 0.717) is 11.2 Å². The summed E-state index contributed by atoms with van der Waals surface area (Å²) in [5.74, 6) is 0.219. The number of nitrogens with zero attached hydrogens (tertiary/aromatic N) is 4. The summed E-state index contributed by atoms with van der Waals surface area (Å²) in [6.45, 7) is -0.259. The second-order valence-electron chi connectivity index (χ2n) is 4.06. The van der Waals surface area contributed by atoms with Gasteiger partial charge in [-0.25, -0.2) is 15.0 Å². The fourth-order valence-electron chi connectivity index (χ4n) is 1.45. The highest BCUT2D eigenvalue weighted by Gasteiger charge is 2.19. The van der Waals surface area contributed by atoms with Gasteiger partial charge in [-0.3, -0.25) is 4.57 Å². The highest BCUT2D eigenvalue weighted by atomic mass is 32.2. The van der Waals surface area contributed by atoms with Crippen molar-refractivity contribution in [1.82, 2.24) is 19.7 Å². The van der Waals surface area contributed by atoms with Crippen molar-refractivity contribution in [3.05, 3.63) is 12.7 Å². The molecular formula is C9H14N5O5PS. The third-order valence-corrected chi connectivity index (χ3v) is 5.11. The standard InChI is InChI=1S/C9H14N5O5PS/c10-8-7-9(12-3-11-8)14(4-13-7)19-2-6(1-15)21-5-20(16,17)18/h3-4,6,15H,1-2,5H2,(H2,10,11,12)(H2,16,17,18). The van der Waals surface area contributed by atoms with Gasteiger partial charge in [-0.15, -0.1) is 11.8 Å². The van der Waals surface area contributed by atoms with E-state index in [-0.39, 0.29) is 24.5 Å². The first-order valence-corrected chi connectivity index (χ1v) is 8.59. The first-order valence-electron chi connectivity index (χ1n) is 5.74. The molecule has 5 N–H and O–H groups in total. The van der Waals surface area contributed by atoms with E-state index in [1.165, 1.54) is 17.4 Å². The predicted octanol–water partition coefficient (Wildman–Crippen LogP) is -0.934. The fraction of sp³-hybridized carbons (Fsp3) is 0.444. The Bertz CT molecular complexity index is 661. The van der Waals surface area contributed by atoms with Crippen molar-refractivity contribution in [1.29, 1.82) is 0 Å². The minimum absolute atomic E-state index is 0.0243. The van der Waals surface area contributed by atoms with Crippen LogP contribution in [0.4, 0.5) is 5.82 Å². The Labute approximate surface area is 123 Å². The molecule has 0 saturated carbocycles. The molecule has 21 heavy (non-hydrogen) atoms. The van der Waals surface area contributed by atoms with Crippen LogP contribution < -0.4 is 10.6 Å². The minimum Gasteiger partial charge on any atom is -0.410 e. The Hall–Kier alpha value is -1.39. The van der Waals surface area contributed by atoms with Gasteiger partial charge in [0.25, 0.3) is 0 Å². The number of aliphatic hydroxyl groups excluding tert-OH is 1. The molecule has 0 aliphatic rings. The lowest BCUT2D eigenvalue weighted by molar-refractivity contribution is 0.106. The van der Waals surface area contributed by atoms with Gasteiger partial charge in [0.2, 0.25) is 5.65 Å². The summed E-state index contributed by atoms with van der Waals surface area (Å²) in [6, 6.07) is 0. The maximum atomic E-state index is 10.8. The number of thioether (sulfide) groups is 1. The van der Waals surface area contributed by atoms with Gasteiger partial charge in [0, 0.05) is 0 Å². The summed E-state index contributed by atoms with van der Waals surface area (Å²) in [4.78, 5) is 34.8. The van der Waals surface area contributed by atoms with Gasteiger partial charge in [-0.05, 0) is 0 Å². The molecule has 0 amide bonds. The van der Waals surface area contributed by atoms with E-state index in [9.17, 15) is 9.67 Å². The molecule has 1 atom stereocenters. The van der Waals surface area contributed by atoms with Gasteiger partial charge >= 0.3 is 7.60 Å². The van der Waals surface area contributed by atoms with E-state index < -0.39 is 12.8 Å². The highest BCUT2D eigenvalue weighted by Crippen LogP contribution is 2.39. The quantitative estimate of drug-likeness (QED) is 0.466. The van der Waals surface area contributed by atoms with E-state index in [4.69, 9.17) is 20.4 Å². The molecule has 2 heterocycles. The van der Waals surface area contributed by atoms with Crippen LogP contribution in [0.5, 0.6) is 0 Å². The van der Waals surface area contributed by atoms with Crippen molar-refractivity contribution in [2.45, 2.75) is 5.25 Å². The van der Waals surface area contributed by atoms with Crippen LogP contribution in [0, 0.1) is 0 Å². The minimum atomic E-state index is -4.12.